The van der Waals surface area contributed by atoms with Crippen molar-refractivity contribution in [3.63, 3.8) is 0 Å². The normalized spacial score (nSPS) is 9.67. The second-order valence-electron chi connectivity index (χ2n) is 2.06. The van der Waals surface area contributed by atoms with Crippen LogP contribution < -0.4 is 4.74 Å². The lowest BCUT2D eigenvalue weighted by molar-refractivity contribution is 0.397. The Bertz CT molecular complexity index is 326. The highest BCUT2D eigenvalue weighted by molar-refractivity contribution is 5.56. The van der Waals surface area contributed by atoms with Gasteiger partial charge >= 0.3 is 0 Å². The summed E-state index contributed by atoms with van der Waals surface area (Å²) >= 11 is 0. The Morgan fingerprint density at radius 2 is 2.50 bits per heavy atom. The molecule has 1 heterocycles. The molecule has 0 atom stereocenters. The summed E-state index contributed by atoms with van der Waals surface area (Å²) in [4.78, 5) is 3.97. The molecule has 0 aromatic carbocycles. The second kappa shape index (κ2) is 4.14. The van der Waals surface area contributed by atoms with Gasteiger partial charge in [0, 0.05) is 17.8 Å². The van der Waals surface area contributed by atoms with E-state index >= 15 is 0 Å². The number of allylic oxidation sites excluding steroid dienone is 1. The fourth-order valence-corrected chi connectivity index (χ4v) is 0.828. The predicted octanol–water partition coefficient (Wildman–Crippen LogP) is 1.63. The Kier molecular flexibility index (Phi) is 2.86. The number of pyridine rings is 1. The summed E-state index contributed by atoms with van der Waals surface area (Å²) in [5.74, 6) is 0.531. The molecule has 0 aliphatic carbocycles. The van der Waals surface area contributed by atoms with Crippen LogP contribution in [0.1, 0.15) is 5.56 Å². The van der Waals surface area contributed by atoms with Crippen molar-refractivity contribution >= 4 is 6.08 Å². The van der Waals surface area contributed by atoms with E-state index in [0.29, 0.717) is 5.88 Å². The molecule has 1 aromatic rings. The van der Waals surface area contributed by atoms with Crippen molar-refractivity contribution in [3.8, 4) is 11.9 Å². The van der Waals surface area contributed by atoms with Crippen LogP contribution in [0.15, 0.2) is 24.4 Å². The number of nitriles is 1. The van der Waals surface area contributed by atoms with E-state index in [0.717, 1.165) is 5.56 Å². The van der Waals surface area contributed by atoms with Crippen LogP contribution in [0.4, 0.5) is 0 Å². The van der Waals surface area contributed by atoms with Gasteiger partial charge < -0.3 is 4.74 Å². The van der Waals surface area contributed by atoms with Gasteiger partial charge in [0.25, 0.3) is 0 Å². The Morgan fingerprint density at radius 3 is 3.17 bits per heavy atom. The lowest BCUT2D eigenvalue weighted by atomic mass is 10.2. The minimum Gasteiger partial charge on any atom is -0.481 e. The molecule has 0 aliphatic rings. The topological polar surface area (TPSA) is 45.9 Å². The standard InChI is InChI=1S/C9H8N2O/c1-12-9-8(4-2-6-10)5-3-7-11-9/h2-5,7H,1H3/b4-2+. The Balaban J connectivity index is 2.99. The van der Waals surface area contributed by atoms with E-state index in [1.807, 2.05) is 12.1 Å². The molecule has 1 rings (SSSR count). The number of methoxy groups -OCH3 is 1. The zero-order valence-corrected chi connectivity index (χ0v) is 6.69. The summed E-state index contributed by atoms with van der Waals surface area (Å²) in [6, 6.07) is 5.53. The van der Waals surface area contributed by atoms with E-state index in [4.69, 9.17) is 10.00 Å². The molecule has 3 heteroatoms. The van der Waals surface area contributed by atoms with Gasteiger partial charge in [-0.05, 0) is 18.2 Å². The molecule has 0 bridgehead atoms. The Labute approximate surface area is 70.9 Å². The highest BCUT2D eigenvalue weighted by Gasteiger charge is 1.96. The highest BCUT2D eigenvalue weighted by Crippen LogP contribution is 2.14. The summed E-state index contributed by atoms with van der Waals surface area (Å²) in [6.07, 6.45) is 4.69. The summed E-state index contributed by atoms with van der Waals surface area (Å²) in [5.41, 5.74) is 0.807. The van der Waals surface area contributed by atoms with Crippen LogP contribution in [0.2, 0.25) is 0 Å². The van der Waals surface area contributed by atoms with Gasteiger partial charge in [0.1, 0.15) is 0 Å². The van der Waals surface area contributed by atoms with Gasteiger partial charge in [-0.1, -0.05) is 0 Å². The summed E-state index contributed by atoms with van der Waals surface area (Å²) in [7, 11) is 1.55. The molecule has 60 valence electrons. The van der Waals surface area contributed by atoms with Crippen molar-refractivity contribution in [2.24, 2.45) is 0 Å². The first-order chi connectivity index (χ1) is 5.88. The zero-order chi connectivity index (χ0) is 8.81. The fraction of sp³-hybridized carbons (Fsp3) is 0.111. The fourth-order valence-electron chi connectivity index (χ4n) is 0.828. The van der Waals surface area contributed by atoms with E-state index in [9.17, 15) is 0 Å². The van der Waals surface area contributed by atoms with Crippen LogP contribution in [0, 0.1) is 11.3 Å². The molecule has 1 aromatic heterocycles. The molecule has 3 nitrogen and oxygen atoms in total. The van der Waals surface area contributed by atoms with Crippen molar-refractivity contribution in [1.82, 2.24) is 4.98 Å². The minimum absolute atomic E-state index is 0.531. The first kappa shape index (κ1) is 8.28. The van der Waals surface area contributed by atoms with Crippen LogP contribution in [-0.4, -0.2) is 12.1 Å². The third-order valence-corrected chi connectivity index (χ3v) is 1.33. The third kappa shape index (κ3) is 1.83. The first-order valence-corrected chi connectivity index (χ1v) is 3.43. The lowest BCUT2D eigenvalue weighted by Gasteiger charge is -2.00. The Morgan fingerprint density at radius 1 is 1.67 bits per heavy atom. The number of nitrogens with zero attached hydrogens (tertiary/aromatic N) is 2. The molecule has 0 radical (unpaired) electrons. The van der Waals surface area contributed by atoms with Crippen LogP contribution in [-0.2, 0) is 0 Å². The third-order valence-electron chi connectivity index (χ3n) is 1.33. The largest absolute Gasteiger partial charge is 0.481 e. The molecule has 0 amide bonds. The molecule has 0 N–H and O–H groups in total. The van der Waals surface area contributed by atoms with Gasteiger partial charge in [0.15, 0.2) is 0 Å². The number of aromatic nitrogens is 1. The van der Waals surface area contributed by atoms with Gasteiger partial charge in [-0.15, -0.1) is 0 Å². The number of hydrogen-bond donors (Lipinski definition) is 0. The van der Waals surface area contributed by atoms with Crippen molar-refractivity contribution in [2.45, 2.75) is 0 Å². The zero-order valence-electron chi connectivity index (χ0n) is 6.69. The SMILES string of the molecule is COc1ncccc1/C=C/C#N. The summed E-state index contributed by atoms with van der Waals surface area (Å²) < 4.78 is 4.97. The molecular formula is C9H8N2O. The maximum atomic E-state index is 8.29. The smallest absolute Gasteiger partial charge is 0.220 e. The monoisotopic (exact) mass is 160 g/mol. The minimum atomic E-state index is 0.531. The van der Waals surface area contributed by atoms with Gasteiger partial charge in [-0.25, -0.2) is 4.98 Å². The van der Waals surface area contributed by atoms with E-state index < -0.39 is 0 Å². The number of hydrogen-bond acceptors (Lipinski definition) is 3. The van der Waals surface area contributed by atoms with Crippen molar-refractivity contribution < 1.29 is 4.74 Å². The number of rotatable bonds is 2. The van der Waals surface area contributed by atoms with E-state index in [2.05, 4.69) is 4.98 Å². The number of ether oxygens (including phenoxy) is 1. The summed E-state index contributed by atoms with van der Waals surface area (Å²) in [5, 5.41) is 8.29. The quantitative estimate of drug-likeness (QED) is 0.617. The average molecular weight is 160 g/mol. The average Bonchev–Trinajstić information content (AvgIpc) is 2.15. The summed E-state index contributed by atoms with van der Waals surface area (Å²) in [6.45, 7) is 0. The molecular weight excluding hydrogens is 152 g/mol. The second-order valence-corrected chi connectivity index (χ2v) is 2.06. The van der Waals surface area contributed by atoms with Crippen LogP contribution in [0.25, 0.3) is 6.08 Å². The highest BCUT2D eigenvalue weighted by atomic mass is 16.5. The van der Waals surface area contributed by atoms with Gasteiger partial charge in [0.05, 0.1) is 13.2 Å². The molecule has 0 saturated heterocycles. The molecule has 0 fully saturated rings. The Hall–Kier alpha value is -1.82. The van der Waals surface area contributed by atoms with Crippen molar-refractivity contribution in [3.05, 3.63) is 30.0 Å². The van der Waals surface area contributed by atoms with Crippen LogP contribution in [0.3, 0.4) is 0 Å². The van der Waals surface area contributed by atoms with E-state index in [-0.39, 0.29) is 0 Å². The molecule has 12 heavy (non-hydrogen) atoms. The molecule has 0 saturated carbocycles. The van der Waals surface area contributed by atoms with Gasteiger partial charge in [-0.2, -0.15) is 5.26 Å². The first-order valence-electron chi connectivity index (χ1n) is 3.43. The lowest BCUT2D eigenvalue weighted by Crippen LogP contribution is -1.89. The van der Waals surface area contributed by atoms with Crippen LogP contribution in [0.5, 0.6) is 5.88 Å². The van der Waals surface area contributed by atoms with Crippen molar-refractivity contribution in [1.29, 1.82) is 5.26 Å². The van der Waals surface area contributed by atoms with Gasteiger partial charge in [0.2, 0.25) is 5.88 Å². The molecule has 0 spiro atoms. The van der Waals surface area contributed by atoms with E-state index in [1.165, 1.54) is 6.08 Å². The maximum Gasteiger partial charge on any atom is 0.220 e. The van der Waals surface area contributed by atoms with E-state index in [1.54, 1.807) is 25.4 Å². The molecule has 0 aliphatic heterocycles. The predicted molar refractivity (Wildman–Crippen MR) is 45.4 cm³/mol. The van der Waals surface area contributed by atoms with Crippen molar-refractivity contribution in [2.75, 3.05) is 7.11 Å². The van der Waals surface area contributed by atoms with Crippen LogP contribution >= 0.6 is 0 Å². The maximum absolute atomic E-state index is 8.29. The van der Waals surface area contributed by atoms with Gasteiger partial charge in [-0.3, -0.25) is 0 Å². The molecule has 0 unspecified atom stereocenters.